The number of aromatic nitrogens is 6. The van der Waals surface area contributed by atoms with Gasteiger partial charge in [0.1, 0.15) is 12.7 Å². The van der Waals surface area contributed by atoms with Gasteiger partial charge in [-0.2, -0.15) is 24.7 Å². The van der Waals surface area contributed by atoms with Gasteiger partial charge in [0.2, 0.25) is 5.95 Å². The first-order valence-electron chi connectivity index (χ1n) is 5.36. The summed E-state index contributed by atoms with van der Waals surface area (Å²) in [5.74, 6) is 0.681. The quantitative estimate of drug-likeness (QED) is 0.645. The number of hydrogen-bond donors (Lipinski definition) is 2. The van der Waals surface area contributed by atoms with E-state index >= 15 is 0 Å². The minimum Gasteiger partial charge on any atom is -0.463 e. The van der Waals surface area contributed by atoms with Crippen LogP contribution in [0.5, 0.6) is 6.01 Å². The molecule has 0 atom stereocenters. The average molecular weight is 251 g/mol. The molecule has 2 rings (SSSR count). The summed E-state index contributed by atoms with van der Waals surface area (Å²) < 4.78 is 6.71. The molecule has 0 aliphatic heterocycles. The molecule has 2 aromatic heterocycles. The summed E-state index contributed by atoms with van der Waals surface area (Å²) in [5.41, 5.74) is 0. The molecule has 0 unspecified atom stereocenters. The van der Waals surface area contributed by atoms with Crippen molar-refractivity contribution in [1.29, 1.82) is 0 Å². The molecule has 2 heterocycles. The first-order chi connectivity index (χ1) is 8.83. The SMILES string of the molecule is CNc1nc(OCCCO)nc(-n2cncn2)n1. The molecule has 9 heteroatoms. The van der Waals surface area contributed by atoms with E-state index in [0.717, 1.165) is 0 Å². The van der Waals surface area contributed by atoms with Crippen molar-refractivity contribution < 1.29 is 9.84 Å². The highest BCUT2D eigenvalue weighted by atomic mass is 16.5. The Hall–Kier alpha value is -2.29. The second kappa shape index (κ2) is 5.87. The van der Waals surface area contributed by atoms with Crippen molar-refractivity contribution in [2.75, 3.05) is 25.6 Å². The molecule has 0 saturated carbocycles. The molecule has 2 N–H and O–H groups in total. The van der Waals surface area contributed by atoms with Crippen LogP contribution >= 0.6 is 0 Å². The molecule has 0 saturated heterocycles. The Morgan fingerprint density at radius 2 is 2.28 bits per heavy atom. The van der Waals surface area contributed by atoms with Gasteiger partial charge in [0, 0.05) is 20.1 Å². The third kappa shape index (κ3) is 2.88. The summed E-state index contributed by atoms with van der Waals surface area (Å²) >= 11 is 0. The monoisotopic (exact) mass is 251 g/mol. The van der Waals surface area contributed by atoms with E-state index in [1.165, 1.54) is 17.3 Å². The van der Waals surface area contributed by atoms with Crippen LogP contribution in [0.1, 0.15) is 6.42 Å². The van der Waals surface area contributed by atoms with E-state index in [1.807, 2.05) is 0 Å². The van der Waals surface area contributed by atoms with Crippen molar-refractivity contribution in [3.8, 4) is 12.0 Å². The van der Waals surface area contributed by atoms with Crippen LogP contribution in [0.4, 0.5) is 5.95 Å². The number of nitrogens with one attached hydrogen (secondary N) is 1. The molecule has 96 valence electrons. The summed E-state index contributed by atoms with van der Waals surface area (Å²) in [6.45, 7) is 0.389. The molecular formula is C9H13N7O2. The maximum atomic E-state index is 8.68. The first-order valence-corrected chi connectivity index (χ1v) is 5.36. The van der Waals surface area contributed by atoms with Crippen LogP contribution in [0.3, 0.4) is 0 Å². The molecule has 0 fully saturated rings. The lowest BCUT2D eigenvalue weighted by Crippen LogP contribution is -2.10. The van der Waals surface area contributed by atoms with E-state index in [1.54, 1.807) is 7.05 Å². The van der Waals surface area contributed by atoms with Crippen LogP contribution in [-0.4, -0.2) is 55.1 Å². The maximum Gasteiger partial charge on any atom is 0.323 e. The number of aliphatic hydroxyl groups excluding tert-OH is 1. The summed E-state index contributed by atoms with van der Waals surface area (Å²) in [4.78, 5) is 16.1. The fourth-order valence-electron chi connectivity index (χ4n) is 1.16. The zero-order valence-electron chi connectivity index (χ0n) is 9.81. The summed E-state index contributed by atoms with van der Waals surface area (Å²) in [6.07, 6.45) is 3.38. The number of aliphatic hydroxyl groups is 1. The highest BCUT2D eigenvalue weighted by molar-refractivity contribution is 5.28. The van der Waals surface area contributed by atoms with Gasteiger partial charge in [0.05, 0.1) is 6.61 Å². The van der Waals surface area contributed by atoms with Gasteiger partial charge < -0.3 is 15.2 Å². The van der Waals surface area contributed by atoms with Gasteiger partial charge in [0.15, 0.2) is 0 Å². The number of hydrogen-bond acceptors (Lipinski definition) is 8. The third-order valence-corrected chi connectivity index (χ3v) is 1.98. The van der Waals surface area contributed by atoms with Crippen molar-refractivity contribution in [2.45, 2.75) is 6.42 Å². The molecule has 0 aliphatic rings. The van der Waals surface area contributed by atoms with Crippen molar-refractivity contribution in [1.82, 2.24) is 29.7 Å². The highest BCUT2D eigenvalue weighted by Crippen LogP contribution is 2.09. The molecule has 0 amide bonds. The van der Waals surface area contributed by atoms with Crippen molar-refractivity contribution in [3.63, 3.8) is 0 Å². The first kappa shape index (κ1) is 12.2. The minimum absolute atomic E-state index is 0.0555. The van der Waals surface area contributed by atoms with Crippen molar-refractivity contribution in [3.05, 3.63) is 12.7 Å². The summed E-state index contributed by atoms with van der Waals surface area (Å²) in [5, 5.41) is 15.4. The van der Waals surface area contributed by atoms with E-state index < -0.39 is 0 Å². The number of nitrogens with zero attached hydrogens (tertiary/aromatic N) is 6. The third-order valence-electron chi connectivity index (χ3n) is 1.98. The standard InChI is InChI=1S/C9H13N7O2/c1-10-7-13-8(16-6-11-5-12-16)15-9(14-7)18-4-2-3-17/h5-6,17H,2-4H2,1H3,(H,10,13,14,15). The molecular weight excluding hydrogens is 238 g/mol. The summed E-state index contributed by atoms with van der Waals surface area (Å²) in [7, 11) is 1.69. The number of anilines is 1. The smallest absolute Gasteiger partial charge is 0.323 e. The van der Waals surface area contributed by atoms with Gasteiger partial charge in [-0.25, -0.2) is 4.98 Å². The Bertz CT molecular complexity index is 488. The van der Waals surface area contributed by atoms with Crippen molar-refractivity contribution >= 4 is 5.95 Å². The normalized spacial score (nSPS) is 10.3. The molecule has 9 nitrogen and oxygen atoms in total. The fraction of sp³-hybridized carbons (Fsp3) is 0.444. The van der Waals surface area contributed by atoms with Gasteiger partial charge in [-0.05, 0) is 0 Å². The molecule has 0 aromatic carbocycles. The number of rotatable bonds is 6. The summed E-state index contributed by atoms with van der Waals surface area (Å²) in [6, 6.07) is 0.174. The van der Waals surface area contributed by atoms with E-state index in [9.17, 15) is 0 Å². The zero-order valence-corrected chi connectivity index (χ0v) is 9.81. The lowest BCUT2D eigenvalue weighted by molar-refractivity contribution is 0.224. The Kier molecular flexibility index (Phi) is 3.97. The van der Waals surface area contributed by atoms with Gasteiger partial charge in [0.25, 0.3) is 5.95 Å². The van der Waals surface area contributed by atoms with Gasteiger partial charge >= 0.3 is 6.01 Å². The highest BCUT2D eigenvalue weighted by Gasteiger charge is 2.08. The Balaban J connectivity index is 2.22. The van der Waals surface area contributed by atoms with Crippen molar-refractivity contribution in [2.24, 2.45) is 0 Å². The molecule has 0 spiro atoms. The molecule has 2 aromatic rings. The topological polar surface area (TPSA) is 111 Å². The van der Waals surface area contributed by atoms with E-state index in [2.05, 4.69) is 30.4 Å². The Morgan fingerprint density at radius 3 is 2.94 bits per heavy atom. The van der Waals surface area contributed by atoms with Crippen LogP contribution in [-0.2, 0) is 0 Å². The second-order valence-electron chi connectivity index (χ2n) is 3.26. The molecule has 18 heavy (non-hydrogen) atoms. The minimum atomic E-state index is 0.0555. The lowest BCUT2D eigenvalue weighted by Gasteiger charge is -2.06. The predicted octanol–water partition coefficient (Wildman–Crippen LogP) is -0.745. The maximum absolute atomic E-state index is 8.68. The van der Waals surface area contributed by atoms with Gasteiger partial charge in [-0.1, -0.05) is 0 Å². The van der Waals surface area contributed by atoms with Crippen LogP contribution in [0, 0.1) is 0 Å². The zero-order chi connectivity index (χ0) is 12.8. The number of ether oxygens (including phenoxy) is 1. The van der Waals surface area contributed by atoms with Crippen LogP contribution in [0.25, 0.3) is 5.95 Å². The van der Waals surface area contributed by atoms with Crippen LogP contribution in [0.2, 0.25) is 0 Å². The van der Waals surface area contributed by atoms with Gasteiger partial charge in [-0.15, -0.1) is 0 Å². The largest absolute Gasteiger partial charge is 0.463 e. The fourth-order valence-corrected chi connectivity index (χ4v) is 1.16. The van der Waals surface area contributed by atoms with Crippen LogP contribution in [0.15, 0.2) is 12.7 Å². The van der Waals surface area contributed by atoms with Crippen LogP contribution < -0.4 is 10.1 Å². The van der Waals surface area contributed by atoms with E-state index in [-0.39, 0.29) is 12.6 Å². The predicted molar refractivity (Wildman–Crippen MR) is 61.5 cm³/mol. The van der Waals surface area contributed by atoms with E-state index in [0.29, 0.717) is 24.9 Å². The van der Waals surface area contributed by atoms with E-state index in [4.69, 9.17) is 9.84 Å². The lowest BCUT2D eigenvalue weighted by atomic mass is 10.5. The molecule has 0 aliphatic carbocycles. The second-order valence-corrected chi connectivity index (χ2v) is 3.26. The Labute approximate surface area is 103 Å². The Morgan fingerprint density at radius 1 is 1.39 bits per heavy atom. The molecule has 0 radical (unpaired) electrons. The van der Waals surface area contributed by atoms with Gasteiger partial charge in [-0.3, -0.25) is 0 Å². The molecule has 0 bridgehead atoms. The average Bonchev–Trinajstić information content (AvgIpc) is 2.92.